The largest absolute Gasteiger partial charge is 0.387 e. The number of rotatable bonds is 5. The number of amides is 1. The molecule has 21 heavy (non-hydrogen) atoms. The van der Waals surface area contributed by atoms with Crippen molar-refractivity contribution in [3.8, 4) is 6.07 Å². The Kier molecular flexibility index (Phi) is 5.65. The highest BCUT2D eigenvalue weighted by Crippen LogP contribution is 2.17. The summed E-state index contributed by atoms with van der Waals surface area (Å²) in [7, 11) is 0. The van der Waals surface area contributed by atoms with Crippen molar-refractivity contribution in [3.05, 3.63) is 46.6 Å². The average Bonchev–Trinajstić information content (AvgIpc) is 3.00. The van der Waals surface area contributed by atoms with Gasteiger partial charge in [-0.05, 0) is 24.5 Å². The van der Waals surface area contributed by atoms with Gasteiger partial charge < -0.3 is 10.6 Å². The molecule has 1 aliphatic carbocycles. The summed E-state index contributed by atoms with van der Waals surface area (Å²) in [5, 5.41) is 15.5. The zero-order chi connectivity index (χ0) is 15.1. The van der Waals surface area contributed by atoms with Crippen molar-refractivity contribution >= 4 is 17.5 Å². The second kappa shape index (κ2) is 7.70. The van der Waals surface area contributed by atoms with Crippen LogP contribution in [0.1, 0.15) is 31.2 Å². The molecule has 0 saturated heterocycles. The van der Waals surface area contributed by atoms with Crippen LogP contribution < -0.4 is 10.6 Å². The predicted octanol–water partition coefficient (Wildman–Crippen LogP) is 2.90. The van der Waals surface area contributed by atoms with Crippen LogP contribution in [0.25, 0.3) is 0 Å². The van der Waals surface area contributed by atoms with Crippen LogP contribution in [0, 0.1) is 11.3 Å². The smallest absolute Gasteiger partial charge is 0.263 e. The molecule has 2 rings (SSSR count). The van der Waals surface area contributed by atoms with E-state index in [1.165, 1.54) is 19.0 Å². The van der Waals surface area contributed by atoms with Gasteiger partial charge in [-0.25, -0.2) is 0 Å². The van der Waals surface area contributed by atoms with Crippen molar-refractivity contribution in [2.45, 2.75) is 38.3 Å². The second-order valence-corrected chi connectivity index (χ2v) is 5.50. The van der Waals surface area contributed by atoms with E-state index in [1.54, 1.807) is 6.07 Å². The first-order chi connectivity index (χ1) is 10.2. The molecule has 0 aliphatic heterocycles. The fourth-order valence-electron chi connectivity index (χ4n) is 2.35. The van der Waals surface area contributed by atoms with Crippen molar-refractivity contribution in [3.63, 3.8) is 0 Å². The molecule has 1 aromatic carbocycles. The number of hydrogen-bond acceptors (Lipinski definition) is 3. The van der Waals surface area contributed by atoms with Gasteiger partial charge in [-0.1, -0.05) is 42.6 Å². The standard InChI is InChI=1S/C16H18ClN3O/c17-15-8-4-1-5-12(15)10-20-16(21)13(9-18)11-19-14-6-2-3-7-14/h1,4-5,8,11,14,19H,2-3,6-7,10H2,(H,20,21)/b13-11-. The van der Waals surface area contributed by atoms with Gasteiger partial charge in [-0.15, -0.1) is 0 Å². The number of carbonyl (C=O) groups excluding carboxylic acids is 1. The Bertz CT molecular complexity index is 571. The first-order valence-electron chi connectivity index (χ1n) is 7.08. The molecule has 0 atom stereocenters. The molecule has 1 aromatic rings. The first-order valence-corrected chi connectivity index (χ1v) is 7.46. The highest BCUT2D eigenvalue weighted by Gasteiger charge is 2.14. The lowest BCUT2D eigenvalue weighted by molar-refractivity contribution is -0.117. The lowest BCUT2D eigenvalue weighted by atomic mass is 10.2. The van der Waals surface area contributed by atoms with Crippen molar-refractivity contribution < 1.29 is 4.79 Å². The highest BCUT2D eigenvalue weighted by atomic mass is 35.5. The number of hydrogen-bond donors (Lipinski definition) is 2. The van der Waals surface area contributed by atoms with Gasteiger partial charge >= 0.3 is 0 Å². The highest BCUT2D eigenvalue weighted by molar-refractivity contribution is 6.31. The molecule has 0 bridgehead atoms. The van der Waals surface area contributed by atoms with E-state index in [2.05, 4.69) is 10.6 Å². The third kappa shape index (κ3) is 4.51. The summed E-state index contributed by atoms with van der Waals surface area (Å²) in [6.45, 7) is 0.307. The summed E-state index contributed by atoms with van der Waals surface area (Å²) in [6.07, 6.45) is 6.11. The summed E-state index contributed by atoms with van der Waals surface area (Å²) < 4.78 is 0. The van der Waals surface area contributed by atoms with E-state index in [0.29, 0.717) is 17.6 Å². The summed E-state index contributed by atoms with van der Waals surface area (Å²) >= 11 is 6.03. The molecule has 1 aliphatic rings. The van der Waals surface area contributed by atoms with Gasteiger partial charge in [0.1, 0.15) is 11.6 Å². The maximum absolute atomic E-state index is 12.0. The summed E-state index contributed by atoms with van der Waals surface area (Å²) in [6, 6.07) is 9.61. The molecule has 1 fully saturated rings. The maximum Gasteiger partial charge on any atom is 0.263 e. The number of nitrogens with one attached hydrogen (secondary N) is 2. The summed E-state index contributed by atoms with van der Waals surface area (Å²) in [5.41, 5.74) is 0.919. The van der Waals surface area contributed by atoms with Crippen molar-refractivity contribution in [1.82, 2.24) is 10.6 Å². The Hall–Kier alpha value is -1.99. The average molecular weight is 304 g/mol. The van der Waals surface area contributed by atoms with Gasteiger partial charge in [0, 0.05) is 23.8 Å². The van der Waals surface area contributed by atoms with E-state index in [4.69, 9.17) is 16.9 Å². The molecule has 0 radical (unpaired) electrons. The number of benzene rings is 1. The molecule has 1 saturated carbocycles. The molecule has 0 unspecified atom stereocenters. The number of nitrogens with zero attached hydrogens (tertiary/aromatic N) is 1. The van der Waals surface area contributed by atoms with Gasteiger partial charge in [0.05, 0.1) is 0 Å². The predicted molar refractivity (Wildman–Crippen MR) is 82.4 cm³/mol. The molecule has 0 heterocycles. The first kappa shape index (κ1) is 15.4. The zero-order valence-electron chi connectivity index (χ0n) is 11.7. The van der Waals surface area contributed by atoms with Gasteiger partial charge in [-0.3, -0.25) is 4.79 Å². The van der Waals surface area contributed by atoms with E-state index in [-0.39, 0.29) is 11.5 Å². The van der Waals surface area contributed by atoms with E-state index in [1.807, 2.05) is 24.3 Å². The molecule has 5 heteroatoms. The normalized spacial score (nSPS) is 15.5. The molecule has 2 N–H and O–H groups in total. The van der Waals surface area contributed by atoms with Crippen molar-refractivity contribution in [1.29, 1.82) is 5.26 Å². The maximum atomic E-state index is 12.0. The van der Waals surface area contributed by atoms with E-state index < -0.39 is 0 Å². The number of carbonyl (C=O) groups is 1. The van der Waals surface area contributed by atoms with E-state index >= 15 is 0 Å². The zero-order valence-corrected chi connectivity index (χ0v) is 12.5. The Morgan fingerprint density at radius 3 is 2.76 bits per heavy atom. The lowest BCUT2D eigenvalue weighted by Crippen LogP contribution is -2.27. The quantitative estimate of drug-likeness (QED) is 0.649. The number of nitriles is 1. The van der Waals surface area contributed by atoms with Crippen LogP contribution in [0.15, 0.2) is 36.0 Å². The fraction of sp³-hybridized carbons (Fsp3) is 0.375. The summed E-state index contributed by atoms with van der Waals surface area (Å²) in [4.78, 5) is 12.0. The Labute approximate surface area is 129 Å². The summed E-state index contributed by atoms with van der Waals surface area (Å²) in [5.74, 6) is -0.386. The van der Waals surface area contributed by atoms with Crippen LogP contribution in [0.3, 0.4) is 0 Å². The molecular formula is C16H18ClN3O. The number of halogens is 1. The Morgan fingerprint density at radius 1 is 1.38 bits per heavy atom. The topological polar surface area (TPSA) is 64.9 Å². The molecule has 1 amide bonds. The molecule has 4 nitrogen and oxygen atoms in total. The molecule has 0 aromatic heterocycles. The van der Waals surface area contributed by atoms with Gasteiger partial charge in [-0.2, -0.15) is 5.26 Å². The Balaban J connectivity index is 1.89. The lowest BCUT2D eigenvalue weighted by Gasteiger charge is -2.10. The van der Waals surface area contributed by atoms with Crippen LogP contribution in [0.2, 0.25) is 5.02 Å². The van der Waals surface area contributed by atoms with E-state index in [0.717, 1.165) is 18.4 Å². The van der Waals surface area contributed by atoms with Gasteiger partial charge in [0.2, 0.25) is 0 Å². The molecule has 110 valence electrons. The minimum absolute atomic E-state index is 0.0916. The van der Waals surface area contributed by atoms with Crippen molar-refractivity contribution in [2.75, 3.05) is 0 Å². The van der Waals surface area contributed by atoms with Gasteiger partial charge in [0.25, 0.3) is 5.91 Å². The van der Waals surface area contributed by atoms with Crippen LogP contribution in [-0.2, 0) is 11.3 Å². The SMILES string of the molecule is N#C/C(=C/NC1CCCC1)C(=O)NCc1ccccc1Cl. The third-order valence-electron chi connectivity index (χ3n) is 3.58. The molecule has 0 spiro atoms. The van der Waals surface area contributed by atoms with Crippen LogP contribution in [-0.4, -0.2) is 11.9 Å². The minimum Gasteiger partial charge on any atom is -0.387 e. The monoisotopic (exact) mass is 303 g/mol. The second-order valence-electron chi connectivity index (χ2n) is 5.09. The van der Waals surface area contributed by atoms with Crippen LogP contribution in [0.4, 0.5) is 0 Å². The van der Waals surface area contributed by atoms with Crippen LogP contribution >= 0.6 is 11.6 Å². The van der Waals surface area contributed by atoms with Crippen LogP contribution in [0.5, 0.6) is 0 Å². The minimum atomic E-state index is -0.386. The molecular weight excluding hydrogens is 286 g/mol. The van der Waals surface area contributed by atoms with Gasteiger partial charge in [0.15, 0.2) is 0 Å². The third-order valence-corrected chi connectivity index (χ3v) is 3.95. The fourth-order valence-corrected chi connectivity index (χ4v) is 2.56. The van der Waals surface area contributed by atoms with E-state index in [9.17, 15) is 4.79 Å². The van der Waals surface area contributed by atoms with Crippen molar-refractivity contribution in [2.24, 2.45) is 0 Å². The Morgan fingerprint density at radius 2 is 2.10 bits per heavy atom.